The fraction of sp³-hybridized carbons (Fsp3) is 0.462. The molecule has 0 aromatic heterocycles. The largest absolute Gasteiger partial charge is 0.497 e. The SMILES string of the molecule is COc1ccc(OC(F)F)c(NC(=O)OC(C)(C)C)c1. The van der Waals surface area contributed by atoms with E-state index in [2.05, 4.69) is 10.1 Å². The summed E-state index contributed by atoms with van der Waals surface area (Å²) in [6, 6.07) is 4.08. The number of rotatable bonds is 4. The molecule has 0 atom stereocenters. The van der Waals surface area contributed by atoms with Gasteiger partial charge < -0.3 is 14.2 Å². The Morgan fingerprint density at radius 2 is 1.95 bits per heavy atom. The van der Waals surface area contributed by atoms with Gasteiger partial charge in [0, 0.05) is 6.07 Å². The van der Waals surface area contributed by atoms with Crippen molar-refractivity contribution in [2.75, 3.05) is 12.4 Å². The fourth-order valence-electron chi connectivity index (χ4n) is 1.35. The molecular formula is C13H17F2NO4. The second-order valence-electron chi connectivity index (χ2n) is 4.87. The fourth-order valence-corrected chi connectivity index (χ4v) is 1.35. The maximum atomic E-state index is 12.3. The third-order valence-electron chi connectivity index (χ3n) is 2.04. The van der Waals surface area contributed by atoms with Crippen LogP contribution in [0, 0.1) is 0 Å². The van der Waals surface area contributed by atoms with Crippen LogP contribution in [0.3, 0.4) is 0 Å². The van der Waals surface area contributed by atoms with E-state index in [-0.39, 0.29) is 11.4 Å². The number of nitrogens with one attached hydrogen (secondary N) is 1. The topological polar surface area (TPSA) is 56.8 Å². The van der Waals surface area contributed by atoms with Crippen LogP contribution < -0.4 is 14.8 Å². The van der Waals surface area contributed by atoms with E-state index < -0.39 is 18.3 Å². The van der Waals surface area contributed by atoms with Gasteiger partial charge in [0.15, 0.2) is 0 Å². The Morgan fingerprint density at radius 1 is 1.30 bits per heavy atom. The lowest BCUT2D eigenvalue weighted by Gasteiger charge is -2.20. The number of anilines is 1. The molecular weight excluding hydrogens is 272 g/mol. The van der Waals surface area contributed by atoms with Gasteiger partial charge in [-0.2, -0.15) is 8.78 Å². The molecule has 1 amide bonds. The van der Waals surface area contributed by atoms with Crippen molar-refractivity contribution >= 4 is 11.8 Å². The third-order valence-corrected chi connectivity index (χ3v) is 2.04. The van der Waals surface area contributed by atoms with E-state index in [0.717, 1.165) is 0 Å². The highest BCUT2D eigenvalue weighted by Gasteiger charge is 2.19. The summed E-state index contributed by atoms with van der Waals surface area (Å²) in [5, 5.41) is 2.35. The van der Waals surface area contributed by atoms with Gasteiger partial charge in [0.05, 0.1) is 12.8 Å². The van der Waals surface area contributed by atoms with Crippen LogP contribution in [0.1, 0.15) is 20.8 Å². The van der Waals surface area contributed by atoms with Gasteiger partial charge in [0.2, 0.25) is 0 Å². The summed E-state index contributed by atoms with van der Waals surface area (Å²) < 4.78 is 38.9. The predicted octanol–water partition coefficient (Wildman–Crippen LogP) is 3.64. The summed E-state index contributed by atoms with van der Waals surface area (Å²) in [6.07, 6.45) is -0.773. The molecule has 112 valence electrons. The summed E-state index contributed by atoms with van der Waals surface area (Å²) in [6.45, 7) is 2.07. The lowest BCUT2D eigenvalue weighted by molar-refractivity contribution is -0.0494. The third kappa shape index (κ3) is 5.29. The molecule has 0 saturated carbocycles. The highest BCUT2D eigenvalue weighted by atomic mass is 19.3. The smallest absolute Gasteiger partial charge is 0.412 e. The molecule has 0 heterocycles. The van der Waals surface area contributed by atoms with Gasteiger partial charge in [0.1, 0.15) is 17.1 Å². The molecule has 0 aliphatic carbocycles. The van der Waals surface area contributed by atoms with Crippen LogP contribution in [0.15, 0.2) is 18.2 Å². The van der Waals surface area contributed by atoms with Gasteiger partial charge in [-0.05, 0) is 32.9 Å². The van der Waals surface area contributed by atoms with Gasteiger partial charge >= 0.3 is 12.7 Å². The van der Waals surface area contributed by atoms with Crippen LogP contribution >= 0.6 is 0 Å². The number of halogens is 2. The first-order valence-corrected chi connectivity index (χ1v) is 5.84. The Bertz CT molecular complexity index is 472. The summed E-state index contributed by atoms with van der Waals surface area (Å²) >= 11 is 0. The van der Waals surface area contributed by atoms with E-state index in [1.165, 1.54) is 25.3 Å². The molecule has 0 unspecified atom stereocenters. The molecule has 0 aliphatic heterocycles. The van der Waals surface area contributed by atoms with Crippen LogP contribution in [0.5, 0.6) is 11.5 Å². The van der Waals surface area contributed by atoms with E-state index in [9.17, 15) is 13.6 Å². The first-order chi connectivity index (χ1) is 9.21. The molecule has 7 heteroatoms. The zero-order valence-electron chi connectivity index (χ0n) is 11.7. The van der Waals surface area contributed by atoms with Crippen molar-refractivity contribution in [3.05, 3.63) is 18.2 Å². The Hall–Kier alpha value is -2.05. The summed E-state index contributed by atoms with van der Waals surface area (Å²) in [4.78, 5) is 11.6. The van der Waals surface area contributed by atoms with Gasteiger partial charge in [0.25, 0.3) is 0 Å². The first-order valence-electron chi connectivity index (χ1n) is 5.84. The number of methoxy groups -OCH3 is 1. The van der Waals surface area contributed by atoms with Crippen molar-refractivity contribution in [1.82, 2.24) is 0 Å². The molecule has 1 aromatic carbocycles. The normalized spacial score (nSPS) is 11.2. The molecule has 0 radical (unpaired) electrons. The van der Waals surface area contributed by atoms with Crippen LogP contribution in [-0.2, 0) is 4.74 Å². The van der Waals surface area contributed by atoms with Crippen LogP contribution in [0.25, 0.3) is 0 Å². The molecule has 0 spiro atoms. The molecule has 0 aliphatic rings. The Balaban J connectivity index is 2.92. The number of alkyl halides is 2. The number of ether oxygens (including phenoxy) is 3. The molecule has 0 fully saturated rings. The predicted molar refractivity (Wildman–Crippen MR) is 69.5 cm³/mol. The lowest BCUT2D eigenvalue weighted by Crippen LogP contribution is -2.27. The van der Waals surface area contributed by atoms with Crippen molar-refractivity contribution in [2.45, 2.75) is 33.0 Å². The average molecular weight is 289 g/mol. The van der Waals surface area contributed by atoms with Crippen LogP contribution in [0.2, 0.25) is 0 Å². The standard InChI is InChI=1S/C13H17F2NO4/c1-13(2,3)20-12(17)16-9-7-8(18-4)5-6-10(9)19-11(14)15/h5-7,11H,1-4H3,(H,16,17). The highest BCUT2D eigenvalue weighted by molar-refractivity contribution is 5.87. The summed E-state index contributed by atoms with van der Waals surface area (Å²) in [5.74, 6) is 0.212. The Kier molecular flexibility index (Phi) is 5.12. The van der Waals surface area contributed by atoms with Crippen LogP contribution in [0.4, 0.5) is 19.3 Å². The van der Waals surface area contributed by atoms with Crippen LogP contribution in [-0.4, -0.2) is 25.4 Å². The number of hydrogen-bond donors (Lipinski definition) is 1. The maximum Gasteiger partial charge on any atom is 0.412 e. The van der Waals surface area contributed by atoms with Gasteiger partial charge in [-0.15, -0.1) is 0 Å². The second-order valence-corrected chi connectivity index (χ2v) is 4.87. The van der Waals surface area contributed by atoms with Crippen molar-refractivity contribution < 1.29 is 27.8 Å². The minimum absolute atomic E-state index is 0.0406. The van der Waals surface area contributed by atoms with Gasteiger partial charge in [-0.1, -0.05) is 0 Å². The van der Waals surface area contributed by atoms with Crippen molar-refractivity contribution in [3.8, 4) is 11.5 Å². The zero-order valence-corrected chi connectivity index (χ0v) is 11.7. The Morgan fingerprint density at radius 3 is 2.45 bits per heavy atom. The maximum absolute atomic E-state index is 12.3. The number of benzene rings is 1. The van der Waals surface area contributed by atoms with Crippen molar-refractivity contribution in [1.29, 1.82) is 0 Å². The van der Waals surface area contributed by atoms with Gasteiger partial charge in [-0.25, -0.2) is 4.79 Å². The molecule has 1 rings (SSSR count). The molecule has 20 heavy (non-hydrogen) atoms. The lowest BCUT2D eigenvalue weighted by atomic mass is 10.2. The first kappa shape index (κ1) is 16.0. The average Bonchev–Trinajstić information content (AvgIpc) is 2.28. The Labute approximate surface area is 115 Å². The number of hydrogen-bond acceptors (Lipinski definition) is 4. The van der Waals surface area contributed by atoms with Crippen molar-refractivity contribution in [3.63, 3.8) is 0 Å². The zero-order chi connectivity index (χ0) is 15.3. The van der Waals surface area contributed by atoms with Gasteiger partial charge in [-0.3, -0.25) is 5.32 Å². The number of amides is 1. The monoisotopic (exact) mass is 289 g/mol. The minimum atomic E-state index is -3.00. The molecule has 1 N–H and O–H groups in total. The van der Waals surface area contributed by atoms with Crippen molar-refractivity contribution in [2.24, 2.45) is 0 Å². The minimum Gasteiger partial charge on any atom is -0.497 e. The van der Waals surface area contributed by atoms with E-state index in [1.807, 2.05) is 0 Å². The molecule has 0 bridgehead atoms. The van der Waals surface area contributed by atoms with E-state index in [0.29, 0.717) is 5.75 Å². The highest BCUT2D eigenvalue weighted by Crippen LogP contribution is 2.30. The molecule has 0 saturated heterocycles. The van der Waals surface area contributed by atoms with E-state index in [1.54, 1.807) is 20.8 Å². The summed E-state index contributed by atoms with van der Waals surface area (Å²) in [7, 11) is 1.42. The van der Waals surface area contributed by atoms with E-state index in [4.69, 9.17) is 9.47 Å². The number of carbonyl (C=O) groups excluding carboxylic acids is 1. The van der Waals surface area contributed by atoms with E-state index >= 15 is 0 Å². The summed E-state index contributed by atoms with van der Waals surface area (Å²) in [5.41, 5.74) is -0.661. The molecule has 1 aromatic rings. The second kappa shape index (κ2) is 6.40. The molecule has 5 nitrogen and oxygen atoms in total. The number of carbonyl (C=O) groups is 1. The quantitative estimate of drug-likeness (QED) is 0.919.